The quantitative estimate of drug-likeness (QED) is 0.624. The van der Waals surface area contributed by atoms with E-state index in [0.29, 0.717) is 5.92 Å². The van der Waals surface area contributed by atoms with Gasteiger partial charge >= 0.3 is 0 Å². The van der Waals surface area contributed by atoms with E-state index in [1.54, 1.807) is 0 Å². The molecule has 2 nitrogen and oxygen atoms in total. The normalized spacial score (nSPS) is 39.6. The Morgan fingerprint density at radius 3 is 1.45 bits per heavy atom. The minimum Gasteiger partial charge on any atom is -0.346 e. The average Bonchev–Trinajstić information content (AvgIpc) is 2.48. The molecule has 2 spiro atoms. The van der Waals surface area contributed by atoms with Crippen LogP contribution in [0.1, 0.15) is 89.9 Å². The Labute approximate surface area is 123 Å². The van der Waals surface area contributed by atoms with Crippen molar-refractivity contribution in [2.24, 2.45) is 5.92 Å². The van der Waals surface area contributed by atoms with Gasteiger partial charge in [0.2, 0.25) is 0 Å². The molecule has 4 rings (SSSR count). The van der Waals surface area contributed by atoms with Crippen LogP contribution in [-0.4, -0.2) is 17.5 Å². The third kappa shape index (κ3) is 2.43. The smallest absolute Gasteiger partial charge is 0.161 e. The lowest BCUT2D eigenvalue weighted by atomic mass is 9.73. The molecular formula is C18H30O2. The lowest BCUT2D eigenvalue weighted by Crippen LogP contribution is -2.54. The minimum atomic E-state index is 0.133. The van der Waals surface area contributed by atoms with Gasteiger partial charge < -0.3 is 9.47 Å². The summed E-state index contributed by atoms with van der Waals surface area (Å²) in [6, 6.07) is 0. The summed E-state index contributed by atoms with van der Waals surface area (Å²) in [7, 11) is 0. The molecule has 0 N–H and O–H groups in total. The number of hydrogen-bond donors (Lipinski definition) is 0. The van der Waals surface area contributed by atoms with E-state index in [4.69, 9.17) is 9.47 Å². The molecule has 114 valence electrons. The Bertz CT molecular complexity index is 307. The average molecular weight is 278 g/mol. The van der Waals surface area contributed by atoms with Crippen molar-refractivity contribution >= 4 is 0 Å². The summed E-state index contributed by atoms with van der Waals surface area (Å²) in [6.07, 6.45) is 18.8. The largest absolute Gasteiger partial charge is 0.346 e. The highest BCUT2D eigenvalue weighted by atomic mass is 16.7. The molecule has 0 aromatic carbocycles. The molecule has 0 amide bonds. The molecule has 0 unspecified atom stereocenters. The van der Waals surface area contributed by atoms with Gasteiger partial charge in [0.1, 0.15) is 0 Å². The zero-order valence-corrected chi connectivity index (χ0v) is 12.9. The second-order valence-electron chi connectivity index (χ2n) is 7.93. The Kier molecular flexibility index (Phi) is 3.58. The first-order chi connectivity index (χ1) is 9.79. The van der Waals surface area contributed by atoms with Crippen LogP contribution in [0.3, 0.4) is 0 Å². The summed E-state index contributed by atoms with van der Waals surface area (Å²) in [5.74, 6) is 0.690. The molecule has 0 bridgehead atoms. The van der Waals surface area contributed by atoms with Crippen LogP contribution in [0.4, 0.5) is 0 Å². The van der Waals surface area contributed by atoms with Crippen LogP contribution >= 0.6 is 0 Å². The first-order valence-corrected chi connectivity index (χ1v) is 9.15. The molecule has 2 saturated carbocycles. The van der Waals surface area contributed by atoms with E-state index in [2.05, 4.69) is 0 Å². The van der Waals surface area contributed by atoms with Gasteiger partial charge in [-0.3, -0.25) is 0 Å². The maximum Gasteiger partial charge on any atom is 0.161 e. The third-order valence-corrected chi connectivity index (χ3v) is 6.59. The van der Waals surface area contributed by atoms with Crippen molar-refractivity contribution in [2.75, 3.05) is 0 Å². The second-order valence-corrected chi connectivity index (χ2v) is 7.93. The monoisotopic (exact) mass is 278 g/mol. The summed E-state index contributed by atoms with van der Waals surface area (Å²) in [4.78, 5) is 0. The molecule has 0 aromatic heterocycles. The first kappa shape index (κ1) is 13.6. The van der Waals surface area contributed by atoms with Gasteiger partial charge in [-0.1, -0.05) is 38.5 Å². The van der Waals surface area contributed by atoms with Gasteiger partial charge in [0, 0.05) is 5.92 Å². The van der Waals surface area contributed by atoms with Crippen LogP contribution < -0.4 is 0 Å². The van der Waals surface area contributed by atoms with Crippen molar-refractivity contribution in [3.63, 3.8) is 0 Å². The summed E-state index contributed by atoms with van der Waals surface area (Å²) >= 11 is 0. The summed E-state index contributed by atoms with van der Waals surface area (Å²) in [5, 5.41) is 0. The molecule has 4 fully saturated rings. The van der Waals surface area contributed by atoms with Gasteiger partial charge in [-0.2, -0.15) is 0 Å². The zero-order valence-electron chi connectivity index (χ0n) is 12.9. The molecule has 4 aliphatic rings. The maximum absolute atomic E-state index is 6.62. The van der Waals surface area contributed by atoms with Crippen LogP contribution in [-0.2, 0) is 9.47 Å². The number of hydrogen-bond acceptors (Lipinski definition) is 2. The lowest BCUT2D eigenvalue weighted by molar-refractivity contribution is -0.326. The van der Waals surface area contributed by atoms with E-state index < -0.39 is 0 Å². The zero-order chi connectivity index (χ0) is 13.5. The Hall–Kier alpha value is -0.0800. The van der Waals surface area contributed by atoms with Crippen molar-refractivity contribution in [2.45, 2.75) is 107 Å². The minimum absolute atomic E-state index is 0.133. The molecule has 0 atom stereocenters. The fraction of sp³-hybridized carbons (Fsp3) is 1.00. The van der Waals surface area contributed by atoms with Crippen LogP contribution in [0.2, 0.25) is 0 Å². The highest BCUT2D eigenvalue weighted by molar-refractivity contribution is 4.95. The van der Waals surface area contributed by atoms with Gasteiger partial charge in [0.05, 0.1) is 11.2 Å². The van der Waals surface area contributed by atoms with E-state index in [0.717, 1.165) is 0 Å². The highest BCUT2D eigenvalue weighted by Crippen LogP contribution is 2.50. The molecule has 2 saturated heterocycles. The van der Waals surface area contributed by atoms with E-state index in [-0.39, 0.29) is 17.5 Å². The van der Waals surface area contributed by atoms with Crippen molar-refractivity contribution in [1.82, 2.24) is 0 Å². The second kappa shape index (κ2) is 5.28. The van der Waals surface area contributed by atoms with Gasteiger partial charge in [-0.15, -0.1) is 0 Å². The summed E-state index contributed by atoms with van der Waals surface area (Å²) in [5.41, 5.74) is 0.402. The lowest BCUT2D eigenvalue weighted by Gasteiger charge is -2.53. The molecule has 2 aliphatic heterocycles. The predicted octanol–water partition coefficient (Wildman–Crippen LogP) is 4.96. The van der Waals surface area contributed by atoms with E-state index in [9.17, 15) is 0 Å². The van der Waals surface area contributed by atoms with E-state index in [1.807, 2.05) is 0 Å². The predicted molar refractivity (Wildman–Crippen MR) is 79.5 cm³/mol. The van der Waals surface area contributed by atoms with E-state index in [1.165, 1.54) is 89.9 Å². The molecule has 2 heteroatoms. The van der Waals surface area contributed by atoms with E-state index >= 15 is 0 Å². The number of rotatable bonds is 0. The molecule has 20 heavy (non-hydrogen) atoms. The Morgan fingerprint density at radius 1 is 0.550 bits per heavy atom. The molecule has 0 aromatic rings. The fourth-order valence-electron chi connectivity index (χ4n) is 5.27. The van der Waals surface area contributed by atoms with Crippen molar-refractivity contribution < 1.29 is 9.47 Å². The first-order valence-electron chi connectivity index (χ1n) is 9.15. The van der Waals surface area contributed by atoms with Crippen LogP contribution in [0, 0.1) is 5.92 Å². The topological polar surface area (TPSA) is 18.5 Å². The summed E-state index contributed by atoms with van der Waals surface area (Å²) in [6.45, 7) is 0. The van der Waals surface area contributed by atoms with Gasteiger partial charge in [-0.25, -0.2) is 0 Å². The van der Waals surface area contributed by atoms with Gasteiger partial charge in [0.15, 0.2) is 6.29 Å². The molecule has 2 aliphatic carbocycles. The standard InChI is InChI=1S/C18H30O2/c1-3-9-17(10-4-1)13-7-15-8-14-18(20-16(15)19-17)11-5-2-6-12-18/h15-16H,1-14H2. The Morgan fingerprint density at radius 2 is 1.00 bits per heavy atom. The van der Waals surface area contributed by atoms with Crippen LogP contribution in [0.25, 0.3) is 0 Å². The van der Waals surface area contributed by atoms with Crippen molar-refractivity contribution in [3.8, 4) is 0 Å². The summed E-state index contributed by atoms with van der Waals surface area (Å²) < 4.78 is 13.2. The van der Waals surface area contributed by atoms with Crippen molar-refractivity contribution in [1.29, 1.82) is 0 Å². The van der Waals surface area contributed by atoms with Crippen LogP contribution in [0.15, 0.2) is 0 Å². The van der Waals surface area contributed by atoms with Crippen LogP contribution in [0.5, 0.6) is 0 Å². The number of fused-ring (bicyclic) bond motifs is 1. The molecule has 2 heterocycles. The van der Waals surface area contributed by atoms with Gasteiger partial charge in [-0.05, 0) is 51.4 Å². The molecule has 0 radical (unpaired) electrons. The van der Waals surface area contributed by atoms with Gasteiger partial charge in [0.25, 0.3) is 0 Å². The highest BCUT2D eigenvalue weighted by Gasteiger charge is 2.49. The molecular weight excluding hydrogens is 248 g/mol. The SMILES string of the molecule is C1CCC2(CC1)CCC1CCC3(CCCCC3)OC1O2. The number of ether oxygens (including phenoxy) is 2. The maximum atomic E-state index is 6.62. The fourth-order valence-corrected chi connectivity index (χ4v) is 5.27. The van der Waals surface area contributed by atoms with Crippen molar-refractivity contribution in [3.05, 3.63) is 0 Å². The third-order valence-electron chi connectivity index (χ3n) is 6.59. The Balaban J connectivity index is 1.46.